The lowest BCUT2D eigenvalue weighted by molar-refractivity contribution is -0.137. The molecule has 0 saturated carbocycles. The number of benzene rings is 1. The summed E-state index contributed by atoms with van der Waals surface area (Å²) >= 11 is 12.2. The fourth-order valence-corrected chi connectivity index (χ4v) is 3.65. The molecule has 2 aliphatic rings. The lowest BCUT2D eigenvalue weighted by Gasteiger charge is -2.20. The van der Waals surface area contributed by atoms with Crippen molar-refractivity contribution < 1.29 is 14.3 Å². The van der Waals surface area contributed by atoms with Crippen molar-refractivity contribution in [3.05, 3.63) is 57.2 Å². The van der Waals surface area contributed by atoms with Crippen LogP contribution in [-0.4, -0.2) is 18.5 Å². The number of rotatable bonds is 4. The average molecular weight is 392 g/mol. The molecule has 1 aliphatic heterocycles. The van der Waals surface area contributed by atoms with Crippen molar-refractivity contribution in [3.63, 3.8) is 0 Å². The Balaban J connectivity index is 1.94. The summed E-state index contributed by atoms with van der Waals surface area (Å²) in [6, 6.07) is 5.17. The van der Waals surface area contributed by atoms with Gasteiger partial charge in [0.25, 0.3) is 5.91 Å². The third kappa shape index (κ3) is 3.44. The molecule has 1 aliphatic carbocycles. The zero-order valence-electron chi connectivity index (χ0n) is 14.5. The van der Waals surface area contributed by atoms with Gasteiger partial charge in [0.2, 0.25) is 0 Å². The van der Waals surface area contributed by atoms with Crippen molar-refractivity contribution in [2.24, 2.45) is 0 Å². The minimum absolute atomic E-state index is 0.0292. The fraction of sp³-hybridized carbons (Fsp3) is 0.300. The number of carbonyl (C=O) groups is 2. The normalized spacial score (nSPS) is 17.7. The Kier molecular flexibility index (Phi) is 5.54. The van der Waals surface area contributed by atoms with E-state index in [9.17, 15) is 9.59 Å². The number of halogens is 2. The van der Waals surface area contributed by atoms with Gasteiger partial charge in [-0.15, -0.1) is 0 Å². The van der Waals surface area contributed by atoms with Gasteiger partial charge in [-0.05, 0) is 68.0 Å². The molecule has 1 aromatic rings. The molecule has 0 bridgehead atoms. The highest BCUT2D eigenvalue weighted by atomic mass is 35.5. The van der Waals surface area contributed by atoms with Crippen LogP contribution in [0.3, 0.4) is 0 Å². The number of hydrogen-bond donors (Lipinski definition) is 0. The topological polar surface area (TPSA) is 46.6 Å². The highest BCUT2D eigenvalue weighted by molar-refractivity contribution is 6.43. The quantitative estimate of drug-likeness (QED) is 0.522. The van der Waals surface area contributed by atoms with Gasteiger partial charge >= 0.3 is 5.97 Å². The summed E-state index contributed by atoms with van der Waals surface area (Å²) in [5.41, 5.74) is 3.82. The molecule has 4 nitrogen and oxygen atoms in total. The number of ether oxygens (including phenoxy) is 1. The van der Waals surface area contributed by atoms with Gasteiger partial charge in [-0.25, -0.2) is 4.79 Å². The SMILES string of the molecule is C=C1C2=C(CCCC2)C(=O)N1c1ccc(Cl)c(/C=C(\Cl)C(=O)OCC)c1. The van der Waals surface area contributed by atoms with Crippen molar-refractivity contribution in [3.8, 4) is 0 Å². The van der Waals surface area contributed by atoms with Gasteiger partial charge in [0, 0.05) is 22.0 Å². The number of anilines is 1. The molecule has 1 amide bonds. The first-order chi connectivity index (χ1) is 12.4. The first-order valence-electron chi connectivity index (χ1n) is 8.53. The molecule has 0 saturated heterocycles. The molecule has 0 radical (unpaired) electrons. The third-order valence-corrected chi connectivity index (χ3v) is 5.15. The summed E-state index contributed by atoms with van der Waals surface area (Å²) in [6.07, 6.45) is 5.21. The predicted molar refractivity (Wildman–Crippen MR) is 104 cm³/mol. The van der Waals surface area contributed by atoms with E-state index in [1.165, 1.54) is 6.08 Å². The molecule has 1 heterocycles. The number of amides is 1. The summed E-state index contributed by atoms with van der Waals surface area (Å²) < 4.78 is 4.88. The van der Waals surface area contributed by atoms with Crippen LogP contribution in [0.25, 0.3) is 6.08 Å². The van der Waals surface area contributed by atoms with E-state index in [1.807, 2.05) is 0 Å². The van der Waals surface area contributed by atoms with Crippen LogP contribution in [-0.2, 0) is 14.3 Å². The standard InChI is InChI=1S/C20H19Cl2NO3/c1-3-26-20(25)18(22)11-13-10-14(8-9-17(13)21)23-12(2)15-6-4-5-7-16(15)19(23)24/h8-11H,2-7H2,1H3/b18-11-. The minimum atomic E-state index is -0.616. The summed E-state index contributed by atoms with van der Waals surface area (Å²) in [5, 5.41) is 0.348. The van der Waals surface area contributed by atoms with Gasteiger partial charge in [-0.3, -0.25) is 9.69 Å². The second kappa shape index (κ2) is 7.68. The van der Waals surface area contributed by atoms with E-state index in [1.54, 1.807) is 30.0 Å². The molecule has 0 fully saturated rings. The maximum absolute atomic E-state index is 12.8. The lowest BCUT2D eigenvalue weighted by Crippen LogP contribution is -2.25. The van der Waals surface area contributed by atoms with Crippen LogP contribution in [0.2, 0.25) is 5.02 Å². The smallest absolute Gasteiger partial charge is 0.349 e. The van der Waals surface area contributed by atoms with Gasteiger partial charge in [0.15, 0.2) is 0 Å². The Bertz CT molecular complexity index is 827. The third-order valence-electron chi connectivity index (χ3n) is 4.54. The average Bonchev–Trinajstić information content (AvgIpc) is 2.88. The van der Waals surface area contributed by atoms with Gasteiger partial charge in [-0.2, -0.15) is 0 Å². The van der Waals surface area contributed by atoms with Gasteiger partial charge in [-0.1, -0.05) is 29.8 Å². The van der Waals surface area contributed by atoms with Crippen LogP contribution in [0.5, 0.6) is 0 Å². The molecule has 1 aromatic carbocycles. The van der Waals surface area contributed by atoms with Crippen molar-refractivity contribution in [2.75, 3.05) is 11.5 Å². The Morgan fingerprint density at radius 1 is 1.31 bits per heavy atom. The Morgan fingerprint density at radius 3 is 2.65 bits per heavy atom. The molecule has 0 aromatic heterocycles. The van der Waals surface area contributed by atoms with Crippen LogP contribution in [0.1, 0.15) is 38.2 Å². The van der Waals surface area contributed by atoms with E-state index < -0.39 is 5.97 Å². The van der Waals surface area contributed by atoms with Gasteiger partial charge in [0.1, 0.15) is 5.03 Å². The van der Waals surface area contributed by atoms with Gasteiger partial charge < -0.3 is 4.74 Å². The van der Waals surface area contributed by atoms with E-state index in [0.717, 1.165) is 42.5 Å². The van der Waals surface area contributed by atoms with Crippen molar-refractivity contribution in [2.45, 2.75) is 32.6 Å². The number of carbonyl (C=O) groups excluding carboxylic acids is 2. The van der Waals surface area contributed by atoms with Crippen LogP contribution < -0.4 is 4.90 Å². The molecule has 0 N–H and O–H groups in total. The molecule has 26 heavy (non-hydrogen) atoms. The molecular weight excluding hydrogens is 373 g/mol. The monoisotopic (exact) mass is 391 g/mol. The van der Waals surface area contributed by atoms with Crippen LogP contribution in [0.4, 0.5) is 5.69 Å². The molecule has 0 atom stereocenters. The molecule has 6 heteroatoms. The Labute approximate surface area is 162 Å². The summed E-state index contributed by atoms with van der Waals surface area (Å²) in [6.45, 7) is 6.05. The van der Waals surface area contributed by atoms with E-state index in [-0.39, 0.29) is 17.5 Å². The molecule has 0 spiro atoms. The van der Waals surface area contributed by atoms with E-state index >= 15 is 0 Å². The second-order valence-electron chi connectivity index (χ2n) is 6.17. The van der Waals surface area contributed by atoms with Crippen LogP contribution in [0, 0.1) is 0 Å². The molecule has 3 rings (SSSR count). The first kappa shape index (κ1) is 18.7. The number of hydrogen-bond acceptors (Lipinski definition) is 3. The van der Waals surface area contributed by atoms with E-state index in [4.69, 9.17) is 27.9 Å². The first-order valence-corrected chi connectivity index (χ1v) is 9.29. The minimum Gasteiger partial charge on any atom is -0.462 e. The Morgan fingerprint density at radius 2 is 2.00 bits per heavy atom. The predicted octanol–water partition coefficient (Wildman–Crippen LogP) is 5.21. The van der Waals surface area contributed by atoms with Crippen molar-refractivity contribution >= 4 is 46.8 Å². The van der Waals surface area contributed by atoms with Crippen molar-refractivity contribution in [1.82, 2.24) is 0 Å². The lowest BCUT2D eigenvalue weighted by atomic mass is 9.93. The summed E-state index contributed by atoms with van der Waals surface area (Å²) in [7, 11) is 0. The molecular formula is C20H19Cl2NO3. The number of esters is 1. The number of nitrogens with zero attached hydrogens (tertiary/aromatic N) is 1. The largest absolute Gasteiger partial charge is 0.462 e. The maximum atomic E-state index is 12.8. The summed E-state index contributed by atoms with van der Waals surface area (Å²) in [4.78, 5) is 26.2. The van der Waals surface area contributed by atoms with Gasteiger partial charge in [0.05, 0.1) is 6.61 Å². The molecule has 136 valence electrons. The maximum Gasteiger partial charge on any atom is 0.349 e. The zero-order valence-corrected chi connectivity index (χ0v) is 16.0. The van der Waals surface area contributed by atoms with E-state index in [0.29, 0.717) is 16.3 Å². The van der Waals surface area contributed by atoms with Crippen LogP contribution >= 0.6 is 23.2 Å². The zero-order chi connectivity index (χ0) is 18.8. The highest BCUT2D eigenvalue weighted by Gasteiger charge is 2.35. The molecule has 0 unspecified atom stereocenters. The Hall–Kier alpha value is -2.04. The summed E-state index contributed by atoms with van der Waals surface area (Å²) in [5.74, 6) is -0.645. The van der Waals surface area contributed by atoms with Crippen molar-refractivity contribution in [1.29, 1.82) is 0 Å². The van der Waals surface area contributed by atoms with Crippen LogP contribution in [0.15, 0.2) is 46.7 Å². The van der Waals surface area contributed by atoms with E-state index in [2.05, 4.69) is 6.58 Å². The second-order valence-corrected chi connectivity index (χ2v) is 6.98. The number of allylic oxidation sites excluding steroid dienone is 1. The fourth-order valence-electron chi connectivity index (χ4n) is 3.30. The highest BCUT2D eigenvalue weighted by Crippen LogP contribution is 2.41.